The summed E-state index contributed by atoms with van der Waals surface area (Å²) < 4.78 is 0. The Balaban J connectivity index is 2.99. The molecule has 1 rings (SSSR count). The Hall–Kier alpha value is -1.20. The van der Waals surface area contributed by atoms with Gasteiger partial charge in [-0.3, -0.25) is 4.79 Å². The van der Waals surface area contributed by atoms with E-state index >= 15 is 0 Å². The van der Waals surface area contributed by atoms with Crippen LogP contribution in [0, 0.1) is 5.41 Å². The highest BCUT2D eigenvalue weighted by Gasteiger charge is 2.24. The number of rotatable bonds is 5. The summed E-state index contributed by atoms with van der Waals surface area (Å²) in [5.41, 5.74) is 5.80. The highest BCUT2D eigenvalue weighted by molar-refractivity contribution is 6.33. The molecule has 2 N–H and O–H groups in total. The number of hydrogen-bond donors (Lipinski definition) is 1. The molecule has 0 aliphatic heterocycles. The van der Waals surface area contributed by atoms with Crippen LogP contribution in [0.4, 0.5) is 0 Å². The van der Waals surface area contributed by atoms with Gasteiger partial charge in [0.2, 0.25) is 0 Å². The van der Waals surface area contributed by atoms with Crippen LogP contribution in [0.25, 0.3) is 0 Å². The predicted molar refractivity (Wildman–Crippen MR) is 80.9 cm³/mol. The largest absolute Gasteiger partial charge is 0.340 e. The normalized spacial score (nSPS) is 11.8. The van der Waals surface area contributed by atoms with Crippen molar-refractivity contribution in [2.75, 3.05) is 20.1 Å². The second kappa shape index (κ2) is 6.50. The van der Waals surface area contributed by atoms with Gasteiger partial charge in [0.15, 0.2) is 5.69 Å². The number of hydrogen-bond acceptors (Lipinski definition) is 4. The molecule has 0 saturated carbocycles. The van der Waals surface area contributed by atoms with Crippen molar-refractivity contribution in [2.24, 2.45) is 11.1 Å². The van der Waals surface area contributed by atoms with E-state index in [0.29, 0.717) is 18.9 Å². The fourth-order valence-corrected chi connectivity index (χ4v) is 1.94. The molecular weight excluding hydrogens is 276 g/mol. The molecule has 1 aromatic rings. The van der Waals surface area contributed by atoms with E-state index in [-0.39, 0.29) is 28.0 Å². The lowest BCUT2D eigenvalue weighted by Crippen LogP contribution is -2.40. The van der Waals surface area contributed by atoms with E-state index in [9.17, 15) is 4.79 Å². The van der Waals surface area contributed by atoms with Crippen LogP contribution in [-0.4, -0.2) is 40.9 Å². The first kappa shape index (κ1) is 16.9. The second-order valence-corrected chi connectivity index (χ2v) is 6.52. The summed E-state index contributed by atoms with van der Waals surface area (Å²) in [5.74, 6) is 0.551. The molecule has 0 radical (unpaired) electrons. The van der Waals surface area contributed by atoms with Crippen LogP contribution < -0.4 is 5.73 Å². The molecule has 112 valence electrons. The Morgan fingerprint density at radius 2 is 2.10 bits per heavy atom. The van der Waals surface area contributed by atoms with Crippen molar-refractivity contribution in [3.05, 3.63) is 22.7 Å². The lowest BCUT2D eigenvalue weighted by Gasteiger charge is -2.29. The van der Waals surface area contributed by atoms with Crippen molar-refractivity contribution in [1.29, 1.82) is 0 Å². The number of amides is 1. The van der Waals surface area contributed by atoms with Crippen molar-refractivity contribution in [3.8, 4) is 0 Å². The Labute approximate surface area is 125 Å². The van der Waals surface area contributed by atoms with Gasteiger partial charge in [0.25, 0.3) is 5.91 Å². The van der Waals surface area contributed by atoms with Crippen molar-refractivity contribution >= 4 is 17.5 Å². The van der Waals surface area contributed by atoms with Gasteiger partial charge in [-0.15, -0.1) is 0 Å². The van der Waals surface area contributed by atoms with Crippen LogP contribution in [0.1, 0.15) is 49.9 Å². The average molecular weight is 299 g/mol. The maximum absolute atomic E-state index is 12.4. The smallest absolute Gasteiger partial charge is 0.273 e. The van der Waals surface area contributed by atoms with E-state index in [1.54, 1.807) is 11.9 Å². The number of nitrogens with zero attached hydrogens (tertiary/aromatic N) is 3. The van der Waals surface area contributed by atoms with Crippen molar-refractivity contribution < 1.29 is 4.79 Å². The third-order valence-electron chi connectivity index (χ3n) is 3.05. The van der Waals surface area contributed by atoms with Crippen LogP contribution in [-0.2, 0) is 0 Å². The third-order valence-corrected chi connectivity index (χ3v) is 3.32. The molecule has 0 aliphatic rings. The lowest BCUT2D eigenvalue weighted by atomic mass is 9.93. The summed E-state index contributed by atoms with van der Waals surface area (Å²) in [4.78, 5) is 22.5. The van der Waals surface area contributed by atoms with E-state index in [2.05, 4.69) is 9.97 Å². The third kappa shape index (κ3) is 4.15. The molecule has 1 amide bonds. The number of nitrogens with two attached hydrogens (primary N) is 1. The summed E-state index contributed by atoms with van der Waals surface area (Å²) in [6.07, 6.45) is 1.49. The minimum absolute atomic E-state index is 0.143. The van der Waals surface area contributed by atoms with Gasteiger partial charge >= 0.3 is 0 Å². The summed E-state index contributed by atoms with van der Waals surface area (Å²) in [5, 5.41) is 0.275. The van der Waals surface area contributed by atoms with Crippen LogP contribution in [0.2, 0.25) is 5.02 Å². The van der Waals surface area contributed by atoms with E-state index < -0.39 is 0 Å². The van der Waals surface area contributed by atoms with Crippen LogP contribution in [0.5, 0.6) is 0 Å². The van der Waals surface area contributed by atoms with E-state index in [1.807, 2.05) is 27.7 Å². The quantitative estimate of drug-likeness (QED) is 0.905. The van der Waals surface area contributed by atoms with Crippen molar-refractivity contribution in [2.45, 2.75) is 33.6 Å². The van der Waals surface area contributed by atoms with Gasteiger partial charge in [-0.05, 0) is 12.0 Å². The van der Waals surface area contributed by atoms with Crippen LogP contribution in [0.3, 0.4) is 0 Å². The summed E-state index contributed by atoms with van der Waals surface area (Å²) in [6.45, 7) is 9.01. The predicted octanol–water partition coefficient (Wildman–Crippen LogP) is 2.31. The maximum Gasteiger partial charge on any atom is 0.273 e. The molecule has 0 bridgehead atoms. The molecule has 5 nitrogen and oxygen atoms in total. The number of carbonyl (C=O) groups is 1. The molecule has 1 aromatic heterocycles. The summed E-state index contributed by atoms with van der Waals surface area (Å²) in [6, 6.07) is 0. The van der Waals surface area contributed by atoms with Gasteiger partial charge in [0, 0.05) is 19.5 Å². The van der Waals surface area contributed by atoms with Gasteiger partial charge in [-0.1, -0.05) is 39.3 Å². The lowest BCUT2D eigenvalue weighted by molar-refractivity contribution is 0.0734. The summed E-state index contributed by atoms with van der Waals surface area (Å²) in [7, 11) is 1.73. The average Bonchev–Trinajstić information content (AvgIpc) is 2.37. The molecule has 0 saturated heterocycles. The molecule has 0 fully saturated rings. The minimum atomic E-state index is -0.208. The highest BCUT2D eigenvalue weighted by Crippen LogP contribution is 2.20. The molecule has 0 atom stereocenters. The topological polar surface area (TPSA) is 72.1 Å². The molecule has 0 aliphatic carbocycles. The number of carbonyl (C=O) groups excluding carboxylic acids is 1. The Morgan fingerprint density at radius 1 is 1.50 bits per heavy atom. The molecule has 0 unspecified atom stereocenters. The molecule has 20 heavy (non-hydrogen) atoms. The number of aromatic nitrogens is 2. The fourth-order valence-electron chi connectivity index (χ4n) is 1.77. The van der Waals surface area contributed by atoms with Crippen molar-refractivity contribution in [3.63, 3.8) is 0 Å². The SMILES string of the molecule is CC(C)c1ncc(Cl)c(C(=O)N(C)CC(C)(C)CN)n1. The Kier molecular flexibility index (Phi) is 5.48. The zero-order valence-corrected chi connectivity index (χ0v) is 13.5. The first-order chi connectivity index (χ1) is 9.18. The van der Waals surface area contributed by atoms with Gasteiger partial charge in [-0.2, -0.15) is 0 Å². The molecule has 1 heterocycles. The van der Waals surface area contributed by atoms with Gasteiger partial charge in [-0.25, -0.2) is 9.97 Å². The van der Waals surface area contributed by atoms with Crippen LogP contribution >= 0.6 is 11.6 Å². The molecule has 6 heteroatoms. The Morgan fingerprint density at radius 3 is 2.60 bits per heavy atom. The first-order valence-electron chi connectivity index (χ1n) is 6.66. The first-order valence-corrected chi connectivity index (χ1v) is 7.03. The van der Waals surface area contributed by atoms with Gasteiger partial charge in [0.05, 0.1) is 11.2 Å². The van der Waals surface area contributed by atoms with E-state index in [0.717, 1.165) is 0 Å². The van der Waals surface area contributed by atoms with Crippen molar-refractivity contribution in [1.82, 2.24) is 14.9 Å². The zero-order chi connectivity index (χ0) is 15.5. The maximum atomic E-state index is 12.4. The van der Waals surface area contributed by atoms with Gasteiger partial charge < -0.3 is 10.6 Å². The number of halogens is 1. The van der Waals surface area contributed by atoms with E-state index in [1.165, 1.54) is 6.20 Å². The highest BCUT2D eigenvalue weighted by atomic mass is 35.5. The fraction of sp³-hybridized carbons (Fsp3) is 0.643. The minimum Gasteiger partial charge on any atom is -0.340 e. The monoisotopic (exact) mass is 298 g/mol. The zero-order valence-electron chi connectivity index (χ0n) is 12.8. The van der Waals surface area contributed by atoms with Gasteiger partial charge in [0.1, 0.15) is 5.82 Å². The molecule has 0 spiro atoms. The van der Waals surface area contributed by atoms with E-state index in [4.69, 9.17) is 17.3 Å². The summed E-state index contributed by atoms with van der Waals surface area (Å²) >= 11 is 6.05. The molecule has 0 aromatic carbocycles. The van der Waals surface area contributed by atoms with Crippen LogP contribution in [0.15, 0.2) is 6.20 Å². The standard InChI is InChI=1S/C14H23ClN4O/c1-9(2)12-17-6-10(15)11(18-12)13(20)19(5)8-14(3,4)7-16/h6,9H,7-8,16H2,1-5H3. The molecular formula is C14H23ClN4O. The Bertz CT molecular complexity index is 488. The second-order valence-electron chi connectivity index (χ2n) is 6.11.